The van der Waals surface area contributed by atoms with E-state index in [1.165, 1.54) is 0 Å². The minimum absolute atomic E-state index is 0.219. The van der Waals surface area contributed by atoms with Crippen LogP contribution in [-0.4, -0.2) is 20.5 Å². The average molecular weight is 307 g/mol. The predicted molar refractivity (Wildman–Crippen MR) is 67.1 cm³/mol. The van der Waals surface area contributed by atoms with Crippen LogP contribution in [0.15, 0.2) is 23.1 Å². The van der Waals surface area contributed by atoms with Crippen LogP contribution in [0.5, 0.6) is 0 Å². The van der Waals surface area contributed by atoms with Gasteiger partial charge in [-0.25, -0.2) is 17.6 Å². The standard InChI is InChI=1S/C12H12ClFO4S/c13-19(16,17)9-5-6-11(14)10(7-9)12(15)18-8-3-1-2-4-8/h5-8H,1-4H2. The summed E-state index contributed by atoms with van der Waals surface area (Å²) in [5, 5.41) is 0. The van der Waals surface area contributed by atoms with E-state index in [2.05, 4.69) is 0 Å². The molecule has 2 rings (SSSR count). The summed E-state index contributed by atoms with van der Waals surface area (Å²) in [5.41, 5.74) is -0.409. The molecule has 7 heteroatoms. The van der Waals surface area contributed by atoms with Gasteiger partial charge in [-0.05, 0) is 43.9 Å². The lowest BCUT2D eigenvalue weighted by atomic mass is 10.2. The second-order valence-electron chi connectivity index (χ2n) is 4.39. The minimum Gasteiger partial charge on any atom is -0.459 e. The van der Waals surface area contributed by atoms with E-state index in [1.807, 2.05) is 0 Å². The summed E-state index contributed by atoms with van der Waals surface area (Å²) >= 11 is 0. The zero-order valence-corrected chi connectivity index (χ0v) is 11.5. The number of benzene rings is 1. The second-order valence-corrected chi connectivity index (χ2v) is 6.96. The number of halogens is 2. The van der Waals surface area contributed by atoms with Crippen molar-refractivity contribution in [2.75, 3.05) is 0 Å². The van der Waals surface area contributed by atoms with Crippen molar-refractivity contribution >= 4 is 25.7 Å². The summed E-state index contributed by atoms with van der Waals surface area (Å²) in [6, 6.07) is 2.79. The van der Waals surface area contributed by atoms with Crippen LogP contribution in [0, 0.1) is 5.82 Å². The summed E-state index contributed by atoms with van der Waals surface area (Å²) in [6.07, 6.45) is 3.22. The average Bonchev–Trinajstić information content (AvgIpc) is 2.80. The highest BCUT2D eigenvalue weighted by Gasteiger charge is 2.23. The summed E-state index contributed by atoms with van der Waals surface area (Å²) in [4.78, 5) is 11.5. The summed E-state index contributed by atoms with van der Waals surface area (Å²) < 4.78 is 41.0. The molecule has 1 aromatic rings. The maximum atomic E-state index is 13.5. The van der Waals surface area contributed by atoms with Crippen molar-refractivity contribution in [3.05, 3.63) is 29.6 Å². The minimum atomic E-state index is -4.01. The zero-order chi connectivity index (χ0) is 14.0. The summed E-state index contributed by atoms with van der Waals surface area (Å²) in [7, 11) is 1.15. The van der Waals surface area contributed by atoms with Gasteiger partial charge < -0.3 is 4.74 Å². The van der Waals surface area contributed by atoms with Crippen molar-refractivity contribution in [2.24, 2.45) is 0 Å². The van der Waals surface area contributed by atoms with E-state index >= 15 is 0 Å². The predicted octanol–water partition coefficient (Wildman–Crippen LogP) is 2.85. The Kier molecular flexibility index (Phi) is 4.10. The van der Waals surface area contributed by atoms with Crippen LogP contribution >= 0.6 is 10.7 Å². The Morgan fingerprint density at radius 2 is 1.95 bits per heavy atom. The molecule has 104 valence electrons. The lowest BCUT2D eigenvalue weighted by molar-refractivity contribution is 0.0312. The summed E-state index contributed by atoms with van der Waals surface area (Å²) in [5.74, 6) is -1.68. The van der Waals surface area contributed by atoms with Crippen molar-refractivity contribution in [1.82, 2.24) is 0 Å². The molecule has 1 saturated carbocycles. The van der Waals surface area contributed by atoms with Crippen molar-refractivity contribution in [3.63, 3.8) is 0 Å². The SMILES string of the molecule is O=C(OC1CCCC1)c1cc(S(=O)(=O)Cl)ccc1F. The van der Waals surface area contributed by atoms with Gasteiger partial charge in [-0.2, -0.15) is 0 Å². The van der Waals surface area contributed by atoms with Gasteiger partial charge in [0.2, 0.25) is 0 Å². The maximum Gasteiger partial charge on any atom is 0.341 e. The molecule has 1 aliphatic rings. The fourth-order valence-electron chi connectivity index (χ4n) is 2.03. The van der Waals surface area contributed by atoms with E-state index in [4.69, 9.17) is 15.4 Å². The fraction of sp³-hybridized carbons (Fsp3) is 0.417. The van der Waals surface area contributed by atoms with Gasteiger partial charge in [0, 0.05) is 10.7 Å². The number of hydrogen-bond acceptors (Lipinski definition) is 4. The Hall–Kier alpha value is -1.14. The van der Waals surface area contributed by atoms with Gasteiger partial charge in [0.15, 0.2) is 0 Å². The topological polar surface area (TPSA) is 60.4 Å². The third-order valence-corrected chi connectivity index (χ3v) is 4.37. The molecule has 0 amide bonds. The molecule has 0 heterocycles. The van der Waals surface area contributed by atoms with Crippen molar-refractivity contribution in [1.29, 1.82) is 0 Å². The number of carbonyl (C=O) groups is 1. The van der Waals surface area contributed by atoms with E-state index in [0.29, 0.717) is 0 Å². The first-order valence-electron chi connectivity index (χ1n) is 5.83. The molecular weight excluding hydrogens is 295 g/mol. The Morgan fingerprint density at radius 3 is 2.53 bits per heavy atom. The quantitative estimate of drug-likeness (QED) is 0.636. The van der Waals surface area contributed by atoms with Crippen LogP contribution in [0.4, 0.5) is 4.39 Å². The largest absolute Gasteiger partial charge is 0.459 e. The highest BCUT2D eigenvalue weighted by molar-refractivity contribution is 8.13. The molecule has 1 aliphatic carbocycles. The molecule has 1 fully saturated rings. The van der Waals surface area contributed by atoms with Gasteiger partial charge in [-0.15, -0.1) is 0 Å². The molecule has 0 bridgehead atoms. The van der Waals surface area contributed by atoms with E-state index in [-0.39, 0.29) is 11.0 Å². The molecule has 19 heavy (non-hydrogen) atoms. The first-order valence-corrected chi connectivity index (χ1v) is 8.14. The second kappa shape index (κ2) is 5.46. The molecule has 0 saturated heterocycles. The highest BCUT2D eigenvalue weighted by atomic mass is 35.7. The lowest BCUT2D eigenvalue weighted by Crippen LogP contribution is -2.16. The molecular formula is C12H12ClFO4S. The van der Waals surface area contributed by atoms with Crippen molar-refractivity contribution in [2.45, 2.75) is 36.7 Å². The van der Waals surface area contributed by atoms with E-state index in [9.17, 15) is 17.6 Å². The maximum absolute atomic E-state index is 13.5. The van der Waals surface area contributed by atoms with Crippen molar-refractivity contribution < 1.29 is 22.3 Å². The van der Waals surface area contributed by atoms with Crippen LogP contribution < -0.4 is 0 Å². The Bertz CT molecular complexity index is 594. The third kappa shape index (κ3) is 3.45. The van der Waals surface area contributed by atoms with Crippen LogP contribution in [0.3, 0.4) is 0 Å². The van der Waals surface area contributed by atoms with Crippen molar-refractivity contribution in [3.8, 4) is 0 Å². The lowest BCUT2D eigenvalue weighted by Gasteiger charge is -2.12. The number of hydrogen-bond donors (Lipinski definition) is 0. The van der Waals surface area contributed by atoms with Gasteiger partial charge in [-0.1, -0.05) is 0 Å². The Morgan fingerprint density at radius 1 is 1.32 bits per heavy atom. The highest BCUT2D eigenvalue weighted by Crippen LogP contribution is 2.24. The Balaban J connectivity index is 2.25. The van der Waals surface area contributed by atoms with Crippen LogP contribution in [-0.2, 0) is 13.8 Å². The van der Waals surface area contributed by atoms with Crippen LogP contribution in [0.1, 0.15) is 36.0 Å². The number of carbonyl (C=O) groups excluding carboxylic acids is 1. The third-order valence-electron chi connectivity index (χ3n) is 3.02. The van der Waals surface area contributed by atoms with Gasteiger partial charge in [0.1, 0.15) is 11.9 Å². The number of esters is 1. The monoisotopic (exact) mass is 306 g/mol. The molecule has 0 aromatic heterocycles. The molecule has 0 N–H and O–H groups in total. The smallest absolute Gasteiger partial charge is 0.341 e. The van der Waals surface area contributed by atoms with Gasteiger partial charge >= 0.3 is 5.97 Å². The first kappa shape index (κ1) is 14.3. The first-order chi connectivity index (χ1) is 8.88. The zero-order valence-electron chi connectivity index (χ0n) is 9.93. The van der Waals surface area contributed by atoms with Gasteiger partial charge in [-0.3, -0.25) is 0 Å². The fourth-order valence-corrected chi connectivity index (χ4v) is 2.81. The summed E-state index contributed by atoms with van der Waals surface area (Å²) in [6.45, 7) is 0. The molecule has 0 aliphatic heterocycles. The number of rotatable bonds is 3. The van der Waals surface area contributed by atoms with Gasteiger partial charge in [0.05, 0.1) is 10.5 Å². The van der Waals surface area contributed by atoms with E-state index < -0.39 is 26.4 Å². The molecule has 4 nitrogen and oxygen atoms in total. The molecule has 0 radical (unpaired) electrons. The molecule has 0 atom stereocenters. The number of ether oxygens (including phenoxy) is 1. The van der Waals surface area contributed by atoms with E-state index in [0.717, 1.165) is 43.9 Å². The van der Waals surface area contributed by atoms with E-state index in [1.54, 1.807) is 0 Å². The molecule has 0 unspecified atom stereocenters. The van der Waals surface area contributed by atoms with Crippen LogP contribution in [0.2, 0.25) is 0 Å². The van der Waals surface area contributed by atoms with Crippen LogP contribution in [0.25, 0.3) is 0 Å². The van der Waals surface area contributed by atoms with Gasteiger partial charge in [0.25, 0.3) is 9.05 Å². The Labute approximate surface area is 114 Å². The molecule has 1 aromatic carbocycles. The molecule has 0 spiro atoms. The normalized spacial score (nSPS) is 16.5.